The number of benzene rings is 1. The fourth-order valence-electron chi connectivity index (χ4n) is 3.15. The summed E-state index contributed by atoms with van der Waals surface area (Å²) in [5, 5.41) is 1.06. The number of carbonyl (C=O) groups excluding carboxylic acids is 1. The lowest BCUT2D eigenvalue weighted by molar-refractivity contribution is 0.0735. The second-order valence-electron chi connectivity index (χ2n) is 5.01. The first kappa shape index (κ1) is 14.8. The minimum absolute atomic E-state index is 0.0308. The zero-order chi connectivity index (χ0) is 14.9. The lowest BCUT2D eigenvalue weighted by atomic mass is 9.92. The number of Topliss-reactive ketones (excluding diaryl/α,β-unsaturated/α-hetero) is 1. The summed E-state index contributed by atoms with van der Waals surface area (Å²) in [5.74, 6) is 0.238. The van der Waals surface area contributed by atoms with Gasteiger partial charge in [0.05, 0.1) is 6.04 Å². The van der Waals surface area contributed by atoms with E-state index in [-0.39, 0.29) is 17.9 Å². The van der Waals surface area contributed by atoms with Gasteiger partial charge in [-0.25, -0.2) is 0 Å². The Morgan fingerprint density at radius 3 is 2.45 bits per heavy atom. The van der Waals surface area contributed by atoms with E-state index in [0.717, 1.165) is 28.7 Å². The Hall–Kier alpha value is -1.61. The van der Waals surface area contributed by atoms with Crippen molar-refractivity contribution in [2.45, 2.75) is 46.7 Å². The number of carbonyl (C=O) groups is 1. The minimum atomic E-state index is -0.0308. The number of aromatic nitrogens is 1. The van der Waals surface area contributed by atoms with Crippen molar-refractivity contribution in [2.75, 3.05) is 6.54 Å². The number of nitrogens with one attached hydrogen (secondary N) is 1. The number of fused-ring (bicyclic) bond motifs is 3. The highest BCUT2D eigenvalue weighted by molar-refractivity contribution is 6.12. The fourth-order valence-corrected chi connectivity index (χ4v) is 3.15. The molecule has 0 fully saturated rings. The zero-order valence-electron chi connectivity index (χ0n) is 13.0. The van der Waals surface area contributed by atoms with Crippen LogP contribution < -0.4 is 0 Å². The molecule has 2 unspecified atom stereocenters. The maximum Gasteiger partial charge on any atom is 0.182 e. The number of hydrogen-bond acceptors (Lipinski definition) is 2. The number of aromatic amines is 1. The number of H-pyrrole nitrogens is 1. The Balaban J connectivity index is 0.000000704. The Bertz CT molecular complexity index is 614. The molecule has 0 radical (unpaired) electrons. The highest BCUT2D eigenvalue weighted by Crippen LogP contribution is 2.36. The molecule has 3 nitrogen and oxygen atoms in total. The molecule has 2 atom stereocenters. The van der Waals surface area contributed by atoms with Gasteiger partial charge in [0.15, 0.2) is 5.78 Å². The van der Waals surface area contributed by atoms with Gasteiger partial charge in [-0.3, -0.25) is 9.69 Å². The zero-order valence-corrected chi connectivity index (χ0v) is 13.0. The molecule has 0 spiro atoms. The molecule has 3 heteroatoms. The molecule has 0 aliphatic carbocycles. The van der Waals surface area contributed by atoms with Crippen molar-refractivity contribution in [3.63, 3.8) is 0 Å². The molecule has 3 rings (SSSR count). The average Bonchev–Trinajstić information content (AvgIpc) is 2.87. The van der Waals surface area contributed by atoms with Crippen molar-refractivity contribution < 1.29 is 4.79 Å². The first-order valence-corrected chi connectivity index (χ1v) is 7.55. The summed E-state index contributed by atoms with van der Waals surface area (Å²) in [6.45, 7) is 11.2. The molecule has 0 bridgehead atoms. The van der Waals surface area contributed by atoms with Crippen LogP contribution in [0.4, 0.5) is 0 Å². The topological polar surface area (TPSA) is 36.1 Å². The number of para-hydroxylation sites is 1. The van der Waals surface area contributed by atoms with Crippen LogP contribution in [-0.2, 0) is 0 Å². The SMILES string of the molecule is CC.CCN1C(C)C(=O)c2c([nH]c3ccccc23)C1C. The second kappa shape index (κ2) is 5.80. The van der Waals surface area contributed by atoms with Gasteiger partial charge in [0.1, 0.15) is 0 Å². The van der Waals surface area contributed by atoms with Crippen molar-refractivity contribution in [3.05, 3.63) is 35.5 Å². The molecule has 1 aromatic heterocycles. The van der Waals surface area contributed by atoms with Crippen molar-refractivity contribution in [1.82, 2.24) is 9.88 Å². The summed E-state index contributed by atoms with van der Waals surface area (Å²) >= 11 is 0. The van der Waals surface area contributed by atoms with Crippen LogP contribution in [0.2, 0.25) is 0 Å². The molecule has 1 aliphatic rings. The van der Waals surface area contributed by atoms with Crippen molar-refractivity contribution >= 4 is 16.7 Å². The van der Waals surface area contributed by atoms with Gasteiger partial charge in [-0.2, -0.15) is 0 Å². The van der Waals surface area contributed by atoms with Crippen molar-refractivity contribution in [3.8, 4) is 0 Å². The van der Waals surface area contributed by atoms with Gasteiger partial charge in [-0.1, -0.05) is 39.0 Å². The van der Waals surface area contributed by atoms with E-state index in [4.69, 9.17) is 0 Å². The van der Waals surface area contributed by atoms with Gasteiger partial charge in [0.2, 0.25) is 0 Å². The first-order valence-electron chi connectivity index (χ1n) is 7.55. The Labute approximate surface area is 121 Å². The molecular formula is C17H24N2O. The lowest BCUT2D eigenvalue weighted by Gasteiger charge is -2.36. The second-order valence-corrected chi connectivity index (χ2v) is 5.01. The molecule has 1 aromatic carbocycles. The molecule has 20 heavy (non-hydrogen) atoms. The van der Waals surface area contributed by atoms with Gasteiger partial charge >= 0.3 is 0 Å². The molecule has 0 amide bonds. The highest BCUT2D eigenvalue weighted by atomic mass is 16.1. The van der Waals surface area contributed by atoms with E-state index in [9.17, 15) is 4.79 Å². The van der Waals surface area contributed by atoms with Crippen LogP contribution in [-0.4, -0.2) is 28.3 Å². The number of hydrogen-bond donors (Lipinski definition) is 1. The quantitative estimate of drug-likeness (QED) is 0.846. The summed E-state index contributed by atoms with van der Waals surface area (Å²) in [7, 11) is 0. The van der Waals surface area contributed by atoms with E-state index in [0.29, 0.717) is 0 Å². The smallest absolute Gasteiger partial charge is 0.182 e. The molecule has 1 aliphatic heterocycles. The van der Waals surface area contributed by atoms with E-state index in [1.807, 2.05) is 45.0 Å². The van der Waals surface area contributed by atoms with E-state index in [2.05, 4.69) is 23.7 Å². The van der Waals surface area contributed by atoms with Gasteiger partial charge in [-0.05, 0) is 26.5 Å². The number of rotatable bonds is 1. The minimum Gasteiger partial charge on any atom is -0.356 e. The monoisotopic (exact) mass is 272 g/mol. The largest absolute Gasteiger partial charge is 0.356 e. The van der Waals surface area contributed by atoms with Gasteiger partial charge in [0, 0.05) is 28.2 Å². The normalized spacial score (nSPS) is 22.4. The van der Waals surface area contributed by atoms with Crippen LogP contribution >= 0.6 is 0 Å². The van der Waals surface area contributed by atoms with E-state index in [1.54, 1.807) is 0 Å². The predicted molar refractivity (Wildman–Crippen MR) is 84.2 cm³/mol. The summed E-state index contributed by atoms with van der Waals surface area (Å²) < 4.78 is 0. The predicted octanol–water partition coefficient (Wildman–Crippen LogP) is 4.16. The standard InChI is InChI=1S/C15H18N2O.C2H6/c1-4-17-9(2)14-13(15(18)10(17)3)11-7-5-6-8-12(11)16-14;1-2/h5-10,16H,4H2,1-3H3;1-2H3. The summed E-state index contributed by atoms with van der Waals surface area (Å²) in [5.41, 5.74) is 3.03. The molecule has 1 N–H and O–H groups in total. The summed E-state index contributed by atoms with van der Waals surface area (Å²) in [4.78, 5) is 18.2. The van der Waals surface area contributed by atoms with Crippen LogP contribution in [0.15, 0.2) is 24.3 Å². The van der Waals surface area contributed by atoms with Crippen LogP contribution in [0.3, 0.4) is 0 Å². The third-order valence-electron chi connectivity index (χ3n) is 4.14. The third-order valence-corrected chi connectivity index (χ3v) is 4.14. The third kappa shape index (κ3) is 2.06. The van der Waals surface area contributed by atoms with Gasteiger partial charge in [0.25, 0.3) is 0 Å². The maximum atomic E-state index is 12.5. The average molecular weight is 272 g/mol. The molecule has 0 saturated heterocycles. The van der Waals surface area contributed by atoms with E-state index in [1.165, 1.54) is 0 Å². The number of likely N-dealkylation sites (N-methyl/N-ethyl adjacent to an activating group) is 1. The molecule has 2 heterocycles. The molecule has 108 valence electrons. The Kier molecular flexibility index (Phi) is 4.29. The van der Waals surface area contributed by atoms with Crippen molar-refractivity contribution in [2.24, 2.45) is 0 Å². The highest BCUT2D eigenvalue weighted by Gasteiger charge is 2.36. The van der Waals surface area contributed by atoms with Gasteiger partial charge < -0.3 is 4.98 Å². The number of ketones is 1. The van der Waals surface area contributed by atoms with Crippen LogP contribution in [0.25, 0.3) is 10.9 Å². The Morgan fingerprint density at radius 2 is 1.80 bits per heavy atom. The van der Waals surface area contributed by atoms with Crippen molar-refractivity contribution in [1.29, 1.82) is 0 Å². The van der Waals surface area contributed by atoms with Crippen LogP contribution in [0, 0.1) is 0 Å². The first-order chi connectivity index (χ1) is 9.65. The van der Waals surface area contributed by atoms with Crippen LogP contribution in [0.5, 0.6) is 0 Å². The fraction of sp³-hybridized carbons (Fsp3) is 0.471. The van der Waals surface area contributed by atoms with E-state index < -0.39 is 0 Å². The van der Waals surface area contributed by atoms with E-state index >= 15 is 0 Å². The lowest BCUT2D eigenvalue weighted by Crippen LogP contribution is -2.45. The summed E-state index contributed by atoms with van der Waals surface area (Å²) in [6, 6.07) is 8.30. The van der Waals surface area contributed by atoms with Crippen LogP contribution in [0.1, 0.15) is 56.7 Å². The Morgan fingerprint density at radius 1 is 1.15 bits per heavy atom. The summed E-state index contributed by atoms with van der Waals surface area (Å²) in [6.07, 6.45) is 0. The number of nitrogens with zero attached hydrogens (tertiary/aromatic N) is 1. The van der Waals surface area contributed by atoms with Gasteiger partial charge in [-0.15, -0.1) is 0 Å². The molecule has 0 saturated carbocycles. The maximum absolute atomic E-state index is 12.5. The molecular weight excluding hydrogens is 248 g/mol. The molecule has 2 aromatic rings.